The van der Waals surface area contributed by atoms with E-state index in [4.69, 9.17) is 4.52 Å². The summed E-state index contributed by atoms with van der Waals surface area (Å²) in [4.78, 5) is 9.42. The second-order valence-corrected chi connectivity index (χ2v) is 7.43. The highest BCUT2D eigenvalue weighted by Crippen LogP contribution is 2.46. The lowest BCUT2D eigenvalue weighted by Gasteiger charge is -2.15. The summed E-state index contributed by atoms with van der Waals surface area (Å²) in [5.74, 6) is 0. The molecule has 0 aliphatic rings. The maximum absolute atomic E-state index is 11.4. The van der Waals surface area contributed by atoms with Crippen LogP contribution in [0.1, 0.15) is 53.4 Å². The third-order valence-corrected chi connectivity index (χ3v) is 4.41. The fourth-order valence-corrected chi connectivity index (χ4v) is 2.00. The highest BCUT2D eigenvalue weighted by atomic mass is 31.2. The molecule has 0 rings (SSSR count). The van der Waals surface area contributed by atoms with Crippen LogP contribution in [0.5, 0.6) is 0 Å². The first-order valence-corrected chi connectivity index (χ1v) is 8.21. The molecule has 0 aromatic carbocycles. The average Bonchev–Trinajstić information content (AvgIpc) is 2.21. The lowest BCUT2D eigenvalue weighted by atomic mass is 10.2. The molecule has 0 saturated carbocycles. The molecule has 0 aromatic heterocycles. The molecule has 0 saturated heterocycles. The van der Waals surface area contributed by atoms with Gasteiger partial charge in [0.15, 0.2) is 0 Å². The van der Waals surface area contributed by atoms with Gasteiger partial charge < -0.3 is 14.7 Å². The van der Waals surface area contributed by atoms with Crippen LogP contribution in [-0.2, 0) is 9.09 Å². The zero-order valence-electron chi connectivity index (χ0n) is 11.6. The van der Waals surface area contributed by atoms with E-state index < -0.39 is 7.60 Å². The summed E-state index contributed by atoms with van der Waals surface area (Å²) in [6.07, 6.45) is 4.20. The summed E-state index contributed by atoms with van der Waals surface area (Å²) in [6, 6.07) is 0.546. The Morgan fingerprint density at radius 3 is 2.24 bits per heavy atom. The molecule has 104 valence electrons. The van der Waals surface area contributed by atoms with E-state index in [0.29, 0.717) is 12.6 Å². The van der Waals surface area contributed by atoms with E-state index >= 15 is 0 Å². The fourth-order valence-electron chi connectivity index (χ4n) is 1.32. The van der Waals surface area contributed by atoms with Crippen LogP contribution in [0, 0.1) is 0 Å². The van der Waals surface area contributed by atoms with Gasteiger partial charge in [0.1, 0.15) is 0 Å². The lowest BCUT2D eigenvalue weighted by molar-refractivity contribution is 0.247. The third kappa shape index (κ3) is 9.78. The molecular weight excluding hydrogens is 237 g/mol. The van der Waals surface area contributed by atoms with Gasteiger partial charge in [-0.25, -0.2) is 0 Å². The van der Waals surface area contributed by atoms with Gasteiger partial charge in [-0.1, -0.05) is 40.5 Å². The van der Waals surface area contributed by atoms with Gasteiger partial charge >= 0.3 is 7.60 Å². The molecule has 0 bridgehead atoms. The number of rotatable bonds is 10. The monoisotopic (exact) mass is 265 g/mol. The smallest absolute Gasteiger partial charge is 0.324 e. The van der Waals surface area contributed by atoms with E-state index in [9.17, 15) is 9.46 Å². The maximum Gasteiger partial charge on any atom is 0.330 e. The molecule has 0 radical (unpaired) electrons. The van der Waals surface area contributed by atoms with Crippen molar-refractivity contribution < 1.29 is 14.0 Å². The Morgan fingerprint density at radius 1 is 1.12 bits per heavy atom. The number of hydrogen-bond donors (Lipinski definition) is 2. The van der Waals surface area contributed by atoms with Crippen molar-refractivity contribution in [1.82, 2.24) is 5.32 Å². The Labute approximate surface area is 106 Å². The number of nitrogens with one attached hydrogen (secondary N) is 1. The van der Waals surface area contributed by atoms with Crippen LogP contribution in [0.4, 0.5) is 0 Å². The van der Waals surface area contributed by atoms with Crippen LogP contribution < -0.4 is 5.32 Å². The van der Waals surface area contributed by atoms with Crippen LogP contribution in [0.3, 0.4) is 0 Å². The molecule has 0 aromatic rings. The summed E-state index contributed by atoms with van der Waals surface area (Å²) >= 11 is 0. The highest BCUT2D eigenvalue weighted by molar-refractivity contribution is 7.53. The Bertz CT molecular complexity index is 232. The normalized spacial score (nSPS) is 15.5. The van der Waals surface area contributed by atoms with E-state index in [1.807, 2.05) is 0 Å². The first-order chi connectivity index (χ1) is 7.86. The largest absolute Gasteiger partial charge is 0.330 e. The van der Waals surface area contributed by atoms with Crippen molar-refractivity contribution in [3.05, 3.63) is 0 Å². The Morgan fingerprint density at radius 2 is 1.71 bits per heavy atom. The fraction of sp³-hybridized carbons (Fsp3) is 1.00. The second kappa shape index (κ2) is 9.09. The standard InChI is InChI=1S/C12H28NO3P/c1-11(2)13-9-7-5-6-8-10-16-17(14,15)12(3)4/h11-13H,5-10H2,1-4H3,(H,14,15). The number of hydrogen-bond acceptors (Lipinski definition) is 3. The zero-order valence-corrected chi connectivity index (χ0v) is 12.5. The molecule has 1 unspecified atom stereocenters. The predicted octanol–water partition coefficient (Wildman–Crippen LogP) is 3.16. The van der Waals surface area contributed by atoms with Gasteiger partial charge in [0.05, 0.1) is 12.3 Å². The van der Waals surface area contributed by atoms with Gasteiger partial charge in [-0.15, -0.1) is 0 Å². The van der Waals surface area contributed by atoms with Gasteiger partial charge in [0, 0.05) is 6.04 Å². The quantitative estimate of drug-likeness (QED) is 0.470. The van der Waals surface area contributed by atoms with Gasteiger partial charge in [-0.05, 0) is 19.4 Å². The van der Waals surface area contributed by atoms with E-state index in [-0.39, 0.29) is 5.66 Å². The van der Waals surface area contributed by atoms with Crippen molar-refractivity contribution >= 4 is 7.60 Å². The average molecular weight is 265 g/mol. The van der Waals surface area contributed by atoms with E-state index in [1.54, 1.807) is 13.8 Å². The van der Waals surface area contributed by atoms with Crippen molar-refractivity contribution in [3.63, 3.8) is 0 Å². The summed E-state index contributed by atoms with van der Waals surface area (Å²) in [5, 5.41) is 3.36. The molecule has 0 fully saturated rings. The summed E-state index contributed by atoms with van der Waals surface area (Å²) in [7, 11) is -3.35. The van der Waals surface area contributed by atoms with Crippen molar-refractivity contribution in [2.45, 2.75) is 65.1 Å². The lowest BCUT2D eigenvalue weighted by Crippen LogP contribution is -2.23. The predicted molar refractivity (Wildman–Crippen MR) is 72.5 cm³/mol. The number of unbranched alkanes of at least 4 members (excludes halogenated alkanes) is 3. The summed E-state index contributed by atoms with van der Waals surface area (Å²) in [5.41, 5.74) is -0.308. The molecular formula is C12H28NO3P. The minimum absolute atomic E-state index is 0.308. The molecule has 0 heterocycles. The molecule has 1 atom stereocenters. The second-order valence-electron chi connectivity index (χ2n) is 5.01. The Balaban J connectivity index is 3.33. The van der Waals surface area contributed by atoms with Crippen LogP contribution in [-0.4, -0.2) is 29.7 Å². The van der Waals surface area contributed by atoms with Crippen molar-refractivity contribution in [3.8, 4) is 0 Å². The van der Waals surface area contributed by atoms with Gasteiger partial charge in [0.25, 0.3) is 0 Å². The first kappa shape index (κ1) is 17.1. The van der Waals surface area contributed by atoms with Crippen LogP contribution in [0.2, 0.25) is 0 Å². The highest BCUT2D eigenvalue weighted by Gasteiger charge is 2.23. The van der Waals surface area contributed by atoms with Crippen molar-refractivity contribution in [1.29, 1.82) is 0 Å². The third-order valence-electron chi connectivity index (χ3n) is 2.55. The summed E-state index contributed by atoms with van der Waals surface area (Å²) < 4.78 is 16.5. The Kier molecular flexibility index (Phi) is 9.15. The zero-order chi connectivity index (χ0) is 13.3. The molecule has 2 N–H and O–H groups in total. The molecule has 0 aliphatic carbocycles. The first-order valence-electron chi connectivity index (χ1n) is 6.56. The Hall–Kier alpha value is 0.110. The van der Waals surface area contributed by atoms with Crippen LogP contribution in [0.15, 0.2) is 0 Å². The van der Waals surface area contributed by atoms with Crippen molar-refractivity contribution in [2.75, 3.05) is 13.2 Å². The molecule has 4 nitrogen and oxygen atoms in total. The molecule has 0 spiro atoms. The van der Waals surface area contributed by atoms with E-state index in [0.717, 1.165) is 32.2 Å². The minimum atomic E-state index is -3.35. The molecule has 0 amide bonds. The topological polar surface area (TPSA) is 58.6 Å². The van der Waals surface area contributed by atoms with Crippen molar-refractivity contribution in [2.24, 2.45) is 0 Å². The molecule has 17 heavy (non-hydrogen) atoms. The van der Waals surface area contributed by atoms with Crippen LogP contribution >= 0.6 is 7.60 Å². The SMILES string of the molecule is CC(C)NCCCCCCOP(=O)(O)C(C)C. The van der Waals surface area contributed by atoms with E-state index in [1.165, 1.54) is 0 Å². The minimum Gasteiger partial charge on any atom is -0.324 e. The molecule has 5 heteroatoms. The van der Waals surface area contributed by atoms with Crippen LogP contribution in [0.25, 0.3) is 0 Å². The van der Waals surface area contributed by atoms with E-state index in [2.05, 4.69) is 19.2 Å². The van der Waals surface area contributed by atoms with Gasteiger partial charge in [0.2, 0.25) is 0 Å². The maximum atomic E-state index is 11.4. The summed E-state index contributed by atoms with van der Waals surface area (Å²) in [6.45, 7) is 9.13. The molecule has 0 aliphatic heterocycles. The van der Waals surface area contributed by atoms with Gasteiger partial charge in [-0.3, -0.25) is 4.57 Å². The van der Waals surface area contributed by atoms with Gasteiger partial charge in [-0.2, -0.15) is 0 Å².